The first kappa shape index (κ1) is 12.9. The predicted molar refractivity (Wildman–Crippen MR) is 76.4 cm³/mol. The quantitative estimate of drug-likeness (QED) is 0.835. The molecule has 0 bridgehead atoms. The summed E-state index contributed by atoms with van der Waals surface area (Å²) in [7, 11) is 0. The van der Waals surface area contributed by atoms with Crippen molar-refractivity contribution in [1.29, 1.82) is 0 Å². The smallest absolute Gasteiger partial charge is 0.147 e. The van der Waals surface area contributed by atoms with Crippen LogP contribution >= 0.6 is 0 Å². The molecule has 1 fully saturated rings. The molecule has 0 radical (unpaired) electrons. The SMILES string of the molecule is c1cn(C[C@@H]2CCCN2Cc2nnc3n2CCCC3)nn1. The van der Waals surface area contributed by atoms with Crippen LogP contribution in [0.3, 0.4) is 0 Å². The van der Waals surface area contributed by atoms with Gasteiger partial charge in [-0.05, 0) is 32.2 Å². The van der Waals surface area contributed by atoms with Crippen LogP contribution < -0.4 is 0 Å². The van der Waals surface area contributed by atoms with Crippen LogP contribution in [0.1, 0.15) is 37.3 Å². The highest BCUT2D eigenvalue weighted by atomic mass is 15.4. The first-order valence-electron chi connectivity index (χ1n) is 7.89. The van der Waals surface area contributed by atoms with Crippen LogP contribution in [0.5, 0.6) is 0 Å². The molecule has 2 aliphatic rings. The molecule has 0 amide bonds. The number of aryl methyl sites for hydroxylation is 1. The maximum absolute atomic E-state index is 4.43. The standard InChI is InChI=1S/C14H21N7/c1-2-8-21-13(5-1)16-17-14(21)11-19-7-3-4-12(19)10-20-9-6-15-18-20/h6,9,12H,1-5,7-8,10-11H2/t12-/m0/s1. The number of rotatable bonds is 4. The summed E-state index contributed by atoms with van der Waals surface area (Å²) in [6.45, 7) is 4.05. The van der Waals surface area contributed by atoms with E-state index in [0.29, 0.717) is 6.04 Å². The van der Waals surface area contributed by atoms with E-state index in [1.54, 1.807) is 6.20 Å². The zero-order valence-corrected chi connectivity index (χ0v) is 12.2. The number of likely N-dealkylation sites (tertiary alicyclic amines) is 1. The van der Waals surface area contributed by atoms with Gasteiger partial charge in [-0.2, -0.15) is 0 Å². The lowest BCUT2D eigenvalue weighted by Crippen LogP contribution is -2.34. The van der Waals surface area contributed by atoms with E-state index in [4.69, 9.17) is 0 Å². The summed E-state index contributed by atoms with van der Waals surface area (Å²) in [4.78, 5) is 2.52. The normalized spacial score (nSPS) is 22.6. The molecule has 7 nitrogen and oxygen atoms in total. The molecule has 2 aromatic rings. The zero-order valence-electron chi connectivity index (χ0n) is 12.2. The molecule has 4 rings (SSSR count). The number of aromatic nitrogens is 6. The van der Waals surface area contributed by atoms with Crippen molar-refractivity contribution < 1.29 is 0 Å². The Morgan fingerprint density at radius 3 is 3.05 bits per heavy atom. The average Bonchev–Trinajstić information content (AvgIpc) is 3.23. The molecule has 0 aliphatic carbocycles. The number of nitrogens with zero attached hydrogens (tertiary/aromatic N) is 7. The van der Waals surface area contributed by atoms with Crippen molar-refractivity contribution in [2.75, 3.05) is 6.54 Å². The fourth-order valence-corrected chi connectivity index (χ4v) is 3.52. The summed E-state index contributed by atoms with van der Waals surface area (Å²) < 4.78 is 4.26. The maximum Gasteiger partial charge on any atom is 0.147 e. The second-order valence-electron chi connectivity index (χ2n) is 6.03. The van der Waals surface area contributed by atoms with Crippen LogP contribution in [0.2, 0.25) is 0 Å². The van der Waals surface area contributed by atoms with E-state index in [-0.39, 0.29) is 0 Å². The highest BCUT2D eigenvalue weighted by Gasteiger charge is 2.27. The van der Waals surface area contributed by atoms with Crippen LogP contribution in [0.4, 0.5) is 0 Å². The van der Waals surface area contributed by atoms with Gasteiger partial charge in [-0.25, -0.2) is 0 Å². The van der Waals surface area contributed by atoms with Gasteiger partial charge in [-0.15, -0.1) is 15.3 Å². The van der Waals surface area contributed by atoms with Crippen molar-refractivity contribution in [3.05, 3.63) is 24.0 Å². The van der Waals surface area contributed by atoms with Crippen molar-refractivity contribution >= 4 is 0 Å². The molecule has 0 aromatic carbocycles. The van der Waals surface area contributed by atoms with Crippen LogP contribution in [0.15, 0.2) is 12.4 Å². The van der Waals surface area contributed by atoms with Gasteiger partial charge in [0.05, 0.1) is 19.3 Å². The summed E-state index contributed by atoms with van der Waals surface area (Å²) in [5.41, 5.74) is 0. The Bertz CT molecular complexity index is 588. The van der Waals surface area contributed by atoms with Crippen LogP contribution in [0.25, 0.3) is 0 Å². The molecule has 1 atom stereocenters. The molecular weight excluding hydrogens is 266 g/mol. The van der Waals surface area contributed by atoms with Gasteiger partial charge in [0.1, 0.15) is 11.6 Å². The van der Waals surface area contributed by atoms with Crippen LogP contribution in [-0.4, -0.2) is 47.2 Å². The van der Waals surface area contributed by atoms with E-state index >= 15 is 0 Å². The number of hydrogen-bond acceptors (Lipinski definition) is 5. The zero-order chi connectivity index (χ0) is 14.1. The molecule has 1 saturated heterocycles. The largest absolute Gasteiger partial charge is 0.314 e. The summed E-state index contributed by atoms with van der Waals surface area (Å²) in [5, 5.41) is 16.8. The van der Waals surface area contributed by atoms with Crippen LogP contribution in [-0.2, 0) is 26.1 Å². The van der Waals surface area contributed by atoms with Crippen molar-refractivity contribution in [3.63, 3.8) is 0 Å². The summed E-state index contributed by atoms with van der Waals surface area (Å²) in [6.07, 6.45) is 9.73. The summed E-state index contributed by atoms with van der Waals surface area (Å²) in [5.74, 6) is 2.30. The van der Waals surface area contributed by atoms with E-state index in [1.165, 1.54) is 31.5 Å². The van der Waals surface area contributed by atoms with Crippen molar-refractivity contribution in [2.45, 2.75) is 57.8 Å². The van der Waals surface area contributed by atoms with Gasteiger partial charge in [0, 0.05) is 25.2 Å². The van der Waals surface area contributed by atoms with Crippen LogP contribution in [0, 0.1) is 0 Å². The van der Waals surface area contributed by atoms with Crippen molar-refractivity contribution in [1.82, 2.24) is 34.7 Å². The fraction of sp³-hybridized carbons (Fsp3) is 0.714. The molecule has 0 N–H and O–H groups in total. The van der Waals surface area contributed by atoms with Crippen molar-refractivity contribution in [2.24, 2.45) is 0 Å². The molecule has 2 aliphatic heterocycles. The van der Waals surface area contributed by atoms with Gasteiger partial charge in [0.15, 0.2) is 0 Å². The second kappa shape index (κ2) is 5.55. The minimum atomic E-state index is 0.531. The van der Waals surface area contributed by atoms with E-state index in [0.717, 1.165) is 38.4 Å². The van der Waals surface area contributed by atoms with E-state index in [1.807, 2.05) is 10.9 Å². The second-order valence-corrected chi connectivity index (χ2v) is 6.03. The lowest BCUT2D eigenvalue weighted by molar-refractivity contribution is 0.209. The van der Waals surface area contributed by atoms with E-state index in [2.05, 4.69) is 30.0 Å². The van der Waals surface area contributed by atoms with Gasteiger partial charge in [0.25, 0.3) is 0 Å². The molecule has 7 heteroatoms. The van der Waals surface area contributed by atoms with E-state index in [9.17, 15) is 0 Å². The summed E-state index contributed by atoms with van der Waals surface area (Å²) in [6, 6.07) is 0.531. The van der Waals surface area contributed by atoms with Gasteiger partial charge < -0.3 is 4.57 Å². The minimum absolute atomic E-state index is 0.531. The minimum Gasteiger partial charge on any atom is -0.314 e. The summed E-state index contributed by atoms with van der Waals surface area (Å²) >= 11 is 0. The van der Waals surface area contributed by atoms with Gasteiger partial charge >= 0.3 is 0 Å². The third kappa shape index (κ3) is 2.57. The lowest BCUT2D eigenvalue weighted by Gasteiger charge is -2.24. The Morgan fingerprint density at radius 1 is 1.14 bits per heavy atom. The molecule has 112 valence electrons. The monoisotopic (exact) mass is 287 g/mol. The Balaban J connectivity index is 1.47. The predicted octanol–water partition coefficient (Wildman–Crippen LogP) is 0.870. The molecular formula is C14H21N7. The number of fused-ring (bicyclic) bond motifs is 1. The van der Waals surface area contributed by atoms with E-state index < -0.39 is 0 Å². The molecule has 0 unspecified atom stereocenters. The Morgan fingerprint density at radius 2 is 2.14 bits per heavy atom. The fourth-order valence-electron chi connectivity index (χ4n) is 3.52. The maximum atomic E-state index is 4.43. The van der Waals surface area contributed by atoms with Gasteiger partial charge in [-0.1, -0.05) is 5.21 Å². The third-order valence-corrected chi connectivity index (χ3v) is 4.65. The highest BCUT2D eigenvalue weighted by Crippen LogP contribution is 2.22. The third-order valence-electron chi connectivity index (χ3n) is 4.65. The molecule has 4 heterocycles. The first-order chi connectivity index (χ1) is 10.4. The first-order valence-corrected chi connectivity index (χ1v) is 7.89. The Labute approximate surface area is 124 Å². The highest BCUT2D eigenvalue weighted by molar-refractivity contribution is 5.00. The van der Waals surface area contributed by atoms with Crippen molar-refractivity contribution in [3.8, 4) is 0 Å². The molecule has 0 saturated carbocycles. The lowest BCUT2D eigenvalue weighted by atomic mass is 10.1. The Hall–Kier alpha value is -1.76. The molecule has 2 aromatic heterocycles. The molecule has 0 spiro atoms. The molecule has 21 heavy (non-hydrogen) atoms. The van der Waals surface area contributed by atoms with Gasteiger partial charge in [-0.3, -0.25) is 9.58 Å². The van der Waals surface area contributed by atoms with Gasteiger partial charge in [0.2, 0.25) is 0 Å². The Kier molecular flexibility index (Phi) is 3.42. The number of hydrogen-bond donors (Lipinski definition) is 0. The average molecular weight is 287 g/mol. The topological polar surface area (TPSA) is 64.7 Å².